The second-order valence-electron chi connectivity index (χ2n) is 6.05. The maximum Gasteiger partial charge on any atom is 0.316 e. The van der Waals surface area contributed by atoms with E-state index in [2.05, 4.69) is 10.2 Å². The Kier molecular flexibility index (Phi) is 5.58. The fourth-order valence-corrected chi connectivity index (χ4v) is 3.41. The van der Waals surface area contributed by atoms with Crippen molar-refractivity contribution >= 4 is 23.3 Å². The van der Waals surface area contributed by atoms with Gasteiger partial charge in [0.1, 0.15) is 0 Å². The number of nitrogen functional groups attached to an aromatic ring is 1. The number of nitrogens with zero attached hydrogens (tertiary/aromatic N) is 4. The molecular weight excluding hydrogens is 346 g/mol. The maximum atomic E-state index is 12.8. The van der Waals surface area contributed by atoms with E-state index >= 15 is 0 Å². The summed E-state index contributed by atoms with van der Waals surface area (Å²) in [6, 6.07) is 19.6. The van der Waals surface area contributed by atoms with Crippen molar-refractivity contribution in [3.63, 3.8) is 0 Å². The number of para-hydroxylation sites is 1. The normalized spacial score (nSPS) is 10.9. The smallest absolute Gasteiger partial charge is 0.316 e. The lowest BCUT2D eigenvalue weighted by Gasteiger charge is -2.27. The summed E-state index contributed by atoms with van der Waals surface area (Å²) in [7, 11) is 0. The first-order valence-electron chi connectivity index (χ1n) is 8.33. The van der Waals surface area contributed by atoms with Crippen molar-refractivity contribution in [1.82, 2.24) is 14.9 Å². The third kappa shape index (κ3) is 3.88. The van der Waals surface area contributed by atoms with Crippen molar-refractivity contribution < 1.29 is 0 Å². The molecule has 0 unspecified atom stereocenters. The van der Waals surface area contributed by atoms with E-state index in [1.165, 1.54) is 11.8 Å². The highest BCUT2D eigenvalue weighted by atomic mass is 32.2. The SMILES string of the molecule is CC(C)N(c1ccccc1)c1nnc(SCc2ccccc2)n(N)c1=O. The molecule has 134 valence electrons. The molecule has 0 saturated carbocycles. The molecule has 3 aromatic rings. The predicted molar refractivity (Wildman–Crippen MR) is 106 cm³/mol. The van der Waals surface area contributed by atoms with Gasteiger partial charge < -0.3 is 10.7 Å². The van der Waals surface area contributed by atoms with Crippen LogP contribution in [0.5, 0.6) is 0 Å². The molecule has 2 N–H and O–H groups in total. The number of anilines is 2. The zero-order chi connectivity index (χ0) is 18.5. The molecular formula is C19H21N5OS. The molecule has 2 aromatic carbocycles. The molecule has 6 nitrogen and oxygen atoms in total. The minimum atomic E-state index is -0.367. The van der Waals surface area contributed by atoms with Crippen molar-refractivity contribution in [2.24, 2.45) is 0 Å². The molecule has 26 heavy (non-hydrogen) atoms. The van der Waals surface area contributed by atoms with Gasteiger partial charge in [0, 0.05) is 17.5 Å². The van der Waals surface area contributed by atoms with Gasteiger partial charge in [0.25, 0.3) is 0 Å². The van der Waals surface area contributed by atoms with Gasteiger partial charge in [-0.1, -0.05) is 60.3 Å². The summed E-state index contributed by atoms with van der Waals surface area (Å²) in [4.78, 5) is 14.6. The number of aromatic nitrogens is 3. The zero-order valence-electron chi connectivity index (χ0n) is 14.7. The van der Waals surface area contributed by atoms with E-state index in [9.17, 15) is 4.79 Å². The molecule has 0 atom stereocenters. The average Bonchev–Trinajstić information content (AvgIpc) is 2.66. The molecule has 1 heterocycles. The van der Waals surface area contributed by atoms with Gasteiger partial charge in [-0.05, 0) is 31.5 Å². The van der Waals surface area contributed by atoms with Crippen molar-refractivity contribution in [3.05, 3.63) is 76.6 Å². The molecule has 0 bridgehead atoms. The van der Waals surface area contributed by atoms with Gasteiger partial charge in [-0.2, -0.15) is 4.68 Å². The first-order valence-corrected chi connectivity index (χ1v) is 9.32. The third-order valence-corrected chi connectivity index (χ3v) is 4.85. The summed E-state index contributed by atoms with van der Waals surface area (Å²) in [5.41, 5.74) is 1.63. The topological polar surface area (TPSA) is 77.0 Å². The Labute approximate surface area is 156 Å². The van der Waals surface area contributed by atoms with Crippen LogP contribution in [-0.2, 0) is 5.75 Å². The Hall–Kier alpha value is -2.80. The monoisotopic (exact) mass is 367 g/mol. The van der Waals surface area contributed by atoms with Crippen LogP contribution in [0.3, 0.4) is 0 Å². The Morgan fingerprint density at radius 3 is 2.27 bits per heavy atom. The van der Waals surface area contributed by atoms with Crippen LogP contribution in [0.1, 0.15) is 19.4 Å². The van der Waals surface area contributed by atoms with Gasteiger partial charge >= 0.3 is 5.56 Å². The molecule has 0 radical (unpaired) electrons. The van der Waals surface area contributed by atoms with Crippen molar-refractivity contribution in [2.45, 2.75) is 30.8 Å². The van der Waals surface area contributed by atoms with E-state index in [1.807, 2.05) is 79.4 Å². The Balaban J connectivity index is 1.90. The maximum absolute atomic E-state index is 12.8. The minimum Gasteiger partial charge on any atom is -0.334 e. The van der Waals surface area contributed by atoms with Gasteiger partial charge in [-0.3, -0.25) is 4.79 Å². The summed E-state index contributed by atoms with van der Waals surface area (Å²) in [6.07, 6.45) is 0. The molecule has 0 spiro atoms. The quantitative estimate of drug-likeness (QED) is 0.533. The standard InChI is InChI=1S/C19H21N5OS/c1-14(2)23(16-11-7-4-8-12-16)17-18(25)24(20)19(22-21-17)26-13-15-9-5-3-6-10-15/h3-12,14H,13,20H2,1-2H3. The second kappa shape index (κ2) is 8.05. The summed E-state index contributed by atoms with van der Waals surface area (Å²) >= 11 is 1.38. The molecule has 0 aliphatic rings. The van der Waals surface area contributed by atoms with Gasteiger partial charge in [0.15, 0.2) is 0 Å². The molecule has 0 fully saturated rings. The summed E-state index contributed by atoms with van der Waals surface area (Å²) in [5, 5.41) is 8.77. The highest BCUT2D eigenvalue weighted by Crippen LogP contribution is 2.24. The number of hydrogen-bond acceptors (Lipinski definition) is 6. The van der Waals surface area contributed by atoms with Crippen LogP contribution in [0.2, 0.25) is 0 Å². The largest absolute Gasteiger partial charge is 0.334 e. The van der Waals surface area contributed by atoms with Crippen molar-refractivity contribution in [3.8, 4) is 0 Å². The number of nitrogens with two attached hydrogens (primary N) is 1. The van der Waals surface area contributed by atoms with Crippen molar-refractivity contribution in [1.29, 1.82) is 0 Å². The van der Waals surface area contributed by atoms with E-state index in [0.29, 0.717) is 10.9 Å². The van der Waals surface area contributed by atoms with E-state index < -0.39 is 0 Å². The molecule has 0 amide bonds. The fourth-order valence-electron chi connectivity index (χ4n) is 2.60. The lowest BCUT2D eigenvalue weighted by Crippen LogP contribution is -2.38. The summed E-state index contributed by atoms with van der Waals surface area (Å²) < 4.78 is 1.08. The molecule has 1 aromatic heterocycles. The van der Waals surface area contributed by atoms with E-state index in [1.54, 1.807) is 0 Å². The fraction of sp³-hybridized carbons (Fsp3) is 0.211. The Morgan fingerprint density at radius 1 is 1.04 bits per heavy atom. The number of thioether (sulfide) groups is 1. The number of benzene rings is 2. The lowest BCUT2D eigenvalue weighted by atomic mass is 10.2. The highest BCUT2D eigenvalue weighted by molar-refractivity contribution is 7.98. The Bertz CT molecular complexity index is 912. The summed E-state index contributed by atoms with van der Waals surface area (Å²) in [6.45, 7) is 3.99. The van der Waals surface area contributed by atoms with E-state index in [0.717, 1.165) is 15.9 Å². The lowest BCUT2D eigenvalue weighted by molar-refractivity contribution is 0.671. The minimum absolute atomic E-state index is 0.0298. The second-order valence-corrected chi connectivity index (χ2v) is 7.00. The van der Waals surface area contributed by atoms with Gasteiger partial charge in [0.05, 0.1) is 0 Å². The zero-order valence-corrected chi connectivity index (χ0v) is 15.6. The third-order valence-electron chi connectivity index (χ3n) is 3.84. The van der Waals surface area contributed by atoms with Gasteiger partial charge in [-0.15, -0.1) is 10.2 Å². The summed E-state index contributed by atoms with van der Waals surface area (Å²) in [5.74, 6) is 6.90. The first-order chi connectivity index (χ1) is 12.6. The van der Waals surface area contributed by atoms with Crippen LogP contribution in [-0.4, -0.2) is 20.9 Å². The molecule has 7 heteroatoms. The number of hydrogen-bond donors (Lipinski definition) is 1. The van der Waals surface area contributed by atoms with E-state index in [-0.39, 0.29) is 17.4 Å². The van der Waals surface area contributed by atoms with Crippen LogP contribution in [0, 0.1) is 0 Å². The van der Waals surface area contributed by atoms with Crippen molar-refractivity contribution in [2.75, 3.05) is 10.7 Å². The molecule has 0 aliphatic carbocycles. The van der Waals surface area contributed by atoms with Crippen LogP contribution in [0.15, 0.2) is 70.6 Å². The highest BCUT2D eigenvalue weighted by Gasteiger charge is 2.21. The average molecular weight is 367 g/mol. The predicted octanol–water partition coefficient (Wildman–Crippen LogP) is 3.19. The molecule has 0 aliphatic heterocycles. The van der Waals surface area contributed by atoms with E-state index in [4.69, 9.17) is 5.84 Å². The Morgan fingerprint density at radius 2 is 1.65 bits per heavy atom. The molecule has 0 saturated heterocycles. The first kappa shape index (κ1) is 18.0. The van der Waals surface area contributed by atoms with Crippen LogP contribution in [0.4, 0.5) is 11.5 Å². The number of rotatable bonds is 6. The van der Waals surface area contributed by atoms with Crippen LogP contribution < -0.4 is 16.3 Å². The van der Waals surface area contributed by atoms with Crippen LogP contribution in [0.25, 0.3) is 0 Å². The molecule has 3 rings (SSSR count). The van der Waals surface area contributed by atoms with Crippen LogP contribution >= 0.6 is 11.8 Å². The van der Waals surface area contributed by atoms with Gasteiger partial charge in [0.2, 0.25) is 11.0 Å². The van der Waals surface area contributed by atoms with Gasteiger partial charge in [-0.25, -0.2) is 0 Å².